The standard InChI is InChI=1S/C22H19Br2ClF2N4O5/c1-35-20-18(31-7-15(29-30-31)9-2-13(26)17(25)14(27)3-9)19(33)16(8-32)36-21(20)22(34)28-12-5-10(23)4-11(24)6-12/h2-7,16,18-21,32-33H,8H2,1H3,(H,28,34). The van der Waals surface area contributed by atoms with Crippen LogP contribution in [0.15, 0.2) is 45.5 Å². The van der Waals surface area contributed by atoms with Crippen LogP contribution in [0.3, 0.4) is 0 Å². The van der Waals surface area contributed by atoms with E-state index in [1.54, 1.807) is 18.2 Å². The lowest BCUT2D eigenvalue weighted by Crippen LogP contribution is -2.59. The van der Waals surface area contributed by atoms with Crippen molar-refractivity contribution in [2.75, 3.05) is 19.0 Å². The zero-order valence-electron chi connectivity index (χ0n) is 18.4. The van der Waals surface area contributed by atoms with E-state index in [4.69, 9.17) is 21.1 Å². The maximum atomic E-state index is 14.0. The first kappa shape index (κ1) is 27.0. The van der Waals surface area contributed by atoms with Gasteiger partial charge in [-0.2, -0.15) is 0 Å². The first-order valence-corrected chi connectivity index (χ1v) is 12.4. The number of ether oxygens (including phenoxy) is 2. The highest BCUT2D eigenvalue weighted by atomic mass is 79.9. The molecule has 14 heteroatoms. The quantitative estimate of drug-likeness (QED) is 0.348. The van der Waals surface area contributed by atoms with Crippen LogP contribution in [-0.2, 0) is 14.3 Å². The van der Waals surface area contributed by atoms with Crippen LogP contribution in [0.25, 0.3) is 11.3 Å². The normalized spacial score (nSPS) is 24.1. The number of nitrogens with zero attached hydrogens (tertiary/aromatic N) is 3. The van der Waals surface area contributed by atoms with Gasteiger partial charge in [0.25, 0.3) is 5.91 Å². The Morgan fingerprint density at radius 1 is 1.22 bits per heavy atom. The fraction of sp³-hybridized carbons (Fsp3) is 0.318. The van der Waals surface area contributed by atoms with Gasteiger partial charge in [0.2, 0.25) is 0 Å². The summed E-state index contributed by atoms with van der Waals surface area (Å²) in [4.78, 5) is 13.2. The van der Waals surface area contributed by atoms with E-state index in [2.05, 4.69) is 47.5 Å². The zero-order chi connectivity index (χ0) is 26.1. The molecule has 4 rings (SSSR count). The summed E-state index contributed by atoms with van der Waals surface area (Å²) >= 11 is 12.3. The number of amides is 1. The topological polar surface area (TPSA) is 119 Å². The summed E-state index contributed by atoms with van der Waals surface area (Å²) in [5.74, 6) is -2.54. The Hall–Kier alpha value is -2.00. The lowest BCUT2D eigenvalue weighted by molar-refractivity contribution is -0.210. The van der Waals surface area contributed by atoms with Gasteiger partial charge in [-0.05, 0) is 30.3 Å². The number of hydrogen-bond acceptors (Lipinski definition) is 7. The SMILES string of the molecule is COC1C(C(=O)Nc2cc(Br)cc(Br)c2)OC(CO)C(O)C1n1cc(-c2cc(F)c(Cl)c(F)c2)nn1. The smallest absolute Gasteiger partial charge is 0.256 e. The maximum absolute atomic E-state index is 14.0. The second-order valence-corrected chi connectivity index (χ2v) is 10.2. The van der Waals surface area contributed by atoms with Gasteiger partial charge in [0.15, 0.2) is 6.10 Å². The van der Waals surface area contributed by atoms with E-state index >= 15 is 0 Å². The molecule has 0 aliphatic carbocycles. The van der Waals surface area contributed by atoms with Crippen LogP contribution < -0.4 is 5.32 Å². The Morgan fingerprint density at radius 2 is 1.86 bits per heavy atom. The molecule has 1 fully saturated rings. The summed E-state index contributed by atoms with van der Waals surface area (Å²) in [7, 11) is 1.32. The molecule has 1 amide bonds. The molecule has 2 heterocycles. The monoisotopic (exact) mass is 650 g/mol. The molecule has 3 aromatic rings. The number of methoxy groups -OCH3 is 1. The van der Waals surface area contributed by atoms with Gasteiger partial charge in [-0.3, -0.25) is 4.79 Å². The molecule has 0 bridgehead atoms. The average molecular weight is 653 g/mol. The molecule has 1 aliphatic heterocycles. The molecule has 0 spiro atoms. The van der Waals surface area contributed by atoms with E-state index in [0.29, 0.717) is 14.6 Å². The van der Waals surface area contributed by atoms with Crippen molar-refractivity contribution in [2.24, 2.45) is 0 Å². The summed E-state index contributed by atoms with van der Waals surface area (Å²) < 4.78 is 41.8. The van der Waals surface area contributed by atoms with Crippen molar-refractivity contribution >= 4 is 55.1 Å². The lowest BCUT2D eigenvalue weighted by Gasteiger charge is -2.42. The van der Waals surface area contributed by atoms with Crippen LogP contribution in [0, 0.1) is 11.6 Å². The molecule has 1 aliphatic rings. The minimum atomic E-state index is -1.36. The third-order valence-electron chi connectivity index (χ3n) is 5.62. The maximum Gasteiger partial charge on any atom is 0.256 e. The van der Waals surface area contributed by atoms with Gasteiger partial charge >= 0.3 is 0 Å². The highest BCUT2D eigenvalue weighted by Gasteiger charge is 2.49. The summed E-state index contributed by atoms with van der Waals surface area (Å²) in [6.07, 6.45) is -3.54. The predicted molar refractivity (Wildman–Crippen MR) is 132 cm³/mol. The molecular weight excluding hydrogens is 634 g/mol. The number of nitrogens with one attached hydrogen (secondary N) is 1. The Morgan fingerprint density at radius 3 is 2.44 bits per heavy atom. The molecule has 192 valence electrons. The highest BCUT2D eigenvalue weighted by Crippen LogP contribution is 2.34. The molecule has 5 atom stereocenters. The Balaban J connectivity index is 1.66. The molecule has 1 aromatic heterocycles. The first-order chi connectivity index (χ1) is 17.1. The van der Waals surface area contributed by atoms with Crippen LogP contribution in [0.1, 0.15) is 6.04 Å². The van der Waals surface area contributed by atoms with Gasteiger partial charge in [-0.15, -0.1) is 5.10 Å². The summed E-state index contributed by atoms with van der Waals surface area (Å²) in [5, 5.41) is 30.7. The van der Waals surface area contributed by atoms with E-state index in [1.807, 2.05) is 0 Å². The number of carbonyl (C=O) groups is 1. The Bertz CT molecular complexity index is 1240. The molecule has 0 radical (unpaired) electrons. The summed E-state index contributed by atoms with van der Waals surface area (Å²) in [6.45, 7) is -0.602. The van der Waals surface area contributed by atoms with Crippen molar-refractivity contribution in [1.82, 2.24) is 15.0 Å². The second kappa shape index (κ2) is 11.2. The molecule has 2 aromatic carbocycles. The van der Waals surface area contributed by atoms with Crippen molar-refractivity contribution in [3.8, 4) is 11.3 Å². The van der Waals surface area contributed by atoms with E-state index in [1.165, 1.54) is 18.0 Å². The third-order valence-corrected chi connectivity index (χ3v) is 6.90. The summed E-state index contributed by atoms with van der Waals surface area (Å²) in [5.41, 5.74) is 0.598. The molecule has 3 N–H and O–H groups in total. The number of carbonyl (C=O) groups excluding carboxylic acids is 1. The highest BCUT2D eigenvalue weighted by molar-refractivity contribution is 9.11. The Kier molecular flexibility index (Phi) is 8.39. The predicted octanol–water partition coefficient (Wildman–Crippen LogP) is 3.72. The number of aliphatic hydroxyl groups is 2. The molecule has 5 unspecified atom stereocenters. The van der Waals surface area contributed by atoms with Crippen LogP contribution in [0.5, 0.6) is 0 Å². The largest absolute Gasteiger partial charge is 0.394 e. The first-order valence-electron chi connectivity index (χ1n) is 10.4. The van der Waals surface area contributed by atoms with Gasteiger partial charge in [-0.1, -0.05) is 48.7 Å². The number of rotatable bonds is 6. The molecule has 0 saturated carbocycles. The minimum absolute atomic E-state index is 0.0596. The van der Waals surface area contributed by atoms with Crippen LogP contribution in [0.4, 0.5) is 14.5 Å². The molecule has 36 heavy (non-hydrogen) atoms. The van der Waals surface area contributed by atoms with Gasteiger partial charge < -0.3 is 25.0 Å². The van der Waals surface area contributed by atoms with Crippen LogP contribution in [-0.4, -0.2) is 69.2 Å². The number of aliphatic hydroxyl groups excluding tert-OH is 2. The van der Waals surface area contributed by atoms with Crippen LogP contribution >= 0.6 is 43.5 Å². The van der Waals surface area contributed by atoms with Gasteiger partial charge in [0.1, 0.15) is 46.7 Å². The van der Waals surface area contributed by atoms with Gasteiger partial charge in [0.05, 0.1) is 12.8 Å². The number of halogens is 5. The van der Waals surface area contributed by atoms with Crippen molar-refractivity contribution < 1.29 is 33.3 Å². The van der Waals surface area contributed by atoms with E-state index in [-0.39, 0.29) is 11.3 Å². The summed E-state index contributed by atoms with van der Waals surface area (Å²) in [6, 6.07) is 6.09. The average Bonchev–Trinajstić information content (AvgIpc) is 3.30. The number of anilines is 1. The van der Waals surface area contributed by atoms with Crippen molar-refractivity contribution in [3.05, 3.63) is 62.1 Å². The van der Waals surface area contributed by atoms with Crippen molar-refractivity contribution in [2.45, 2.75) is 30.5 Å². The second-order valence-electron chi connectivity index (χ2n) is 7.94. The van der Waals surface area contributed by atoms with Crippen LogP contribution in [0.2, 0.25) is 5.02 Å². The number of benzene rings is 2. The lowest BCUT2D eigenvalue weighted by atomic mass is 9.92. The fourth-order valence-electron chi connectivity index (χ4n) is 3.97. The minimum Gasteiger partial charge on any atom is -0.394 e. The molecule has 9 nitrogen and oxygen atoms in total. The number of aromatic nitrogens is 3. The fourth-order valence-corrected chi connectivity index (χ4v) is 5.37. The Labute approximate surface area is 225 Å². The van der Waals surface area contributed by atoms with Crippen molar-refractivity contribution in [1.29, 1.82) is 0 Å². The molecular formula is C22H19Br2ClF2N4O5. The van der Waals surface area contributed by atoms with E-state index in [0.717, 1.165) is 12.1 Å². The molecule has 1 saturated heterocycles. The van der Waals surface area contributed by atoms with Gasteiger partial charge in [0, 0.05) is 27.3 Å². The number of hydrogen-bond donors (Lipinski definition) is 3. The van der Waals surface area contributed by atoms with E-state index < -0.39 is 59.6 Å². The third kappa shape index (κ3) is 5.47. The van der Waals surface area contributed by atoms with Crippen molar-refractivity contribution in [3.63, 3.8) is 0 Å². The van der Waals surface area contributed by atoms with E-state index in [9.17, 15) is 23.8 Å². The zero-order valence-corrected chi connectivity index (χ0v) is 22.3. The van der Waals surface area contributed by atoms with Gasteiger partial charge in [-0.25, -0.2) is 13.5 Å².